The zero-order valence-electron chi connectivity index (χ0n) is 13.6. The minimum Gasteiger partial charge on any atom is -0.379 e. The van der Waals surface area contributed by atoms with Gasteiger partial charge in [-0.2, -0.15) is 0 Å². The fourth-order valence-electron chi connectivity index (χ4n) is 2.87. The van der Waals surface area contributed by atoms with Crippen LogP contribution in [-0.4, -0.2) is 47.3 Å². The summed E-state index contributed by atoms with van der Waals surface area (Å²) >= 11 is 6.16. The molecule has 7 heteroatoms. The van der Waals surface area contributed by atoms with E-state index in [0.717, 1.165) is 18.7 Å². The number of nitrogens with zero attached hydrogens (tertiary/aromatic N) is 3. The Balaban J connectivity index is 1.81. The molecule has 1 aromatic carbocycles. The van der Waals surface area contributed by atoms with Gasteiger partial charge in [-0.15, -0.1) is 0 Å². The SMILES string of the molecule is Cn1ccnc(NC[C@H](c2cccc(Cl)c2)N2CCOCC2)c1=O. The highest BCUT2D eigenvalue weighted by atomic mass is 35.5. The summed E-state index contributed by atoms with van der Waals surface area (Å²) in [6.07, 6.45) is 3.26. The Morgan fingerprint density at radius 1 is 1.38 bits per heavy atom. The number of aromatic nitrogens is 2. The first-order valence-corrected chi connectivity index (χ1v) is 8.36. The summed E-state index contributed by atoms with van der Waals surface area (Å²) in [6, 6.07) is 7.94. The first-order chi connectivity index (χ1) is 11.6. The van der Waals surface area contributed by atoms with Crippen LogP contribution in [0.3, 0.4) is 0 Å². The van der Waals surface area contributed by atoms with E-state index < -0.39 is 0 Å². The number of rotatable bonds is 5. The maximum atomic E-state index is 12.1. The van der Waals surface area contributed by atoms with Gasteiger partial charge in [-0.25, -0.2) is 4.98 Å². The molecule has 0 spiro atoms. The first kappa shape index (κ1) is 17.0. The zero-order chi connectivity index (χ0) is 16.9. The van der Waals surface area contributed by atoms with Crippen LogP contribution in [0, 0.1) is 0 Å². The zero-order valence-corrected chi connectivity index (χ0v) is 14.4. The van der Waals surface area contributed by atoms with Crippen molar-refractivity contribution in [3.63, 3.8) is 0 Å². The third-order valence-corrected chi connectivity index (χ3v) is 4.43. The van der Waals surface area contributed by atoms with Crippen LogP contribution in [0.4, 0.5) is 5.82 Å². The summed E-state index contributed by atoms with van der Waals surface area (Å²) in [5.74, 6) is 0.361. The van der Waals surface area contributed by atoms with Crippen LogP contribution in [0.5, 0.6) is 0 Å². The second-order valence-electron chi connectivity index (χ2n) is 5.79. The van der Waals surface area contributed by atoms with Crippen molar-refractivity contribution >= 4 is 17.4 Å². The topological polar surface area (TPSA) is 59.4 Å². The number of hydrogen-bond donors (Lipinski definition) is 1. The number of nitrogens with one attached hydrogen (secondary N) is 1. The molecule has 1 aliphatic heterocycles. The summed E-state index contributed by atoms with van der Waals surface area (Å²) in [4.78, 5) is 18.6. The van der Waals surface area contributed by atoms with Gasteiger partial charge in [0.2, 0.25) is 0 Å². The van der Waals surface area contributed by atoms with Gasteiger partial charge in [-0.3, -0.25) is 9.69 Å². The lowest BCUT2D eigenvalue weighted by molar-refractivity contribution is 0.0187. The Morgan fingerprint density at radius 2 is 2.17 bits per heavy atom. The van der Waals surface area contributed by atoms with E-state index in [4.69, 9.17) is 16.3 Å². The number of anilines is 1. The van der Waals surface area contributed by atoms with Crippen molar-refractivity contribution in [2.24, 2.45) is 7.05 Å². The van der Waals surface area contributed by atoms with E-state index in [9.17, 15) is 4.79 Å². The molecule has 128 valence electrons. The van der Waals surface area contributed by atoms with Crippen molar-refractivity contribution in [3.8, 4) is 0 Å². The molecule has 1 fully saturated rings. The van der Waals surface area contributed by atoms with Gasteiger partial charge >= 0.3 is 0 Å². The molecule has 1 aliphatic rings. The number of morpholine rings is 1. The van der Waals surface area contributed by atoms with E-state index in [1.54, 1.807) is 19.4 Å². The molecule has 1 atom stereocenters. The van der Waals surface area contributed by atoms with E-state index >= 15 is 0 Å². The highest BCUT2D eigenvalue weighted by molar-refractivity contribution is 6.30. The predicted molar refractivity (Wildman–Crippen MR) is 94.6 cm³/mol. The molecule has 2 aromatic rings. The van der Waals surface area contributed by atoms with Crippen LogP contribution >= 0.6 is 11.6 Å². The standard InChI is InChI=1S/C17H21ClN4O2/c1-21-6-5-19-16(17(21)23)20-12-15(22-7-9-24-10-8-22)13-3-2-4-14(18)11-13/h2-6,11,15H,7-10,12H2,1H3,(H,19,20)/t15-/m1/s1. The molecule has 0 saturated carbocycles. The molecule has 0 bridgehead atoms. The molecule has 1 aromatic heterocycles. The highest BCUT2D eigenvalue weighted by Gasteiger charge is 2.23. The second kappa shape index (κ2) is 7.79. The normalized spacial score (nSPS) is 16.8. The molecule has 0 amide bonds. The first-order valence-electron chi connectivity index (χ1n) is 7.98. The maximum absolute atomic E-state index is 12.1. The van der Waals surface area contributed by atoms with Gasteiger partial charge in [0.25, 0.3) is 5.56 Å². The van der Waals surface area contributed by atoms with Gasteiger partial charge in [0.15, 0.2) is 5.82 Å². The Bertz CT molecular complexity index is 743. The van der Waals surface area contributed by atoms with Gasteiger partial charge in [0.05, 0.1) is 19.3 Å². The molecule has 6 nitrogen and oxygen atoms in total. The van der Waals surface area contributed by atoms with Gasteiger partial charge in [0.1, 0.15) is 0 Å². The number of benzene rings is 1. The van der Waals surface area contributed by atoms with E-state index in [2.05, 4.69) is 21.3 Å². The van der Waals surface area contributed by atoms with Crippen LogP contribution in [0.15, 0.2) is 41.5 Å². The summed E-state index contributed by atoms with van der Waals surface area (Å²) in [6.45, 7) is 3.69. The van der Waals surface area contributed by atoms with Crippen molar-refractivity contribution < 1.29 is 4.74 Å². The monoisotopic (exact) mass is 348 g/mol. The van der Waals surface area contributed by atoms with Crippen molar-refractivity contribution in [2.45, 2.75) is 6.04 Å². The van der Waals surface area contributed by atoms with Crippen LogP contribution in [0.1, 0.15) is 11.6 Å². The molecular formula is C17H21ClN4O2. The molecule has 24 heavy (non-hydrogen) atoms. The third kappa shape index (κ3) is 3.95. The molecule has 0 aliphatic carbocycles. The predicted octanol–water partition coefficient (Wildman–Crippen LogP) is 1.92. The van der Waals surface area contributed by atoms with E-state index in [0.29, 0.717) is 30.6 Å². The average Bonchev–Trinajstić information content (AvgIpc) is 2.60. The van der Waals surface area contributed by atoms with Crippen molar-refractivity contribution in [1.29, 1.82) is 0 Å². The summed E-state index contributed by atoms with van der Waals surface area (Å²) in [7, 11) is 1.71. The summed E-state index contributed by atoms with van der Waals surface area (Å²) < 4.78 is 6.97. The fraction of sp³-hybridized carbons (Fsp3) is 0.412. The molecular weight excluding hydrogens is 328 g/mol. The minimum absolute atomic E-state index is 0.0966. The lowest BCUT2D eigenvalue weighted by atomic mass is 10.0. The Hall–Kier alpha value is -1.89. The highest BCUT2D eigenvalue weighted by Crippen LogP contribution is 2.24. The van der Waals surface area contributed by atoms with Gasteiger partial charge in [-0.1, -0.05) is 23.7 Å². The van der Waals surface area contributed by atoms with E-state index in [-0.39, 0.29) is 11.6 Å². The average molecular weight is 349 g/mol. The number of aryl methyl sites for hydroxylation is 1. The molecule has 2 heterocycles. The lowest BCUT2D eigenvalue weighted by Gasteiger charge is -2.35. The Morgan fingerprint density at radius 3 is 2.92 bits per heavy atom. The largest absolute Gasteiger partial charge is 0.379 e. The van der Waals surface area contributed by atoms with Gasteiger partial charge in [-0.05, 0) is 17.7 Å². The molecule has 0 radical (unpaired) electrons. The molecule has 1 N–H and O–H groups in total. The van der Waals surface area contributed by atoms with Gasteiger partial charge in [0, 0.05) is 44.1 Å². The molecule has 0 unspecified atom stereocenters. The van der Waals surface area contributed by atoms with Crippen LogP contribution in [-0.2, 0) is 11.8 Å². The number of ether oxygens (including phenoxy) is 1. The Labute approximate surface area is 146 Å². The van der Waals surface area contributed by atoms with Crippen LogP contribution in [0.25, 0.3) is 0 Å². The molecule has 1 saturated heterocycles. The number of hydrogen-bond acceptors (Lipinski definition) is 5. The van der Waals surface area contributed by atoms with E-state index in [1.807, 2.05) is 18.2 Å². The fourth-order valence-corrected chi connectivity index (χ4v) is 3.07. The third-order valence-electron chi connectivity index (χ3n) is 4.20. The van der Waals surface area contributed by atoms with Crippen molar-refractivity contribution in [2.75, 3.05) is 38.2 Å². The van der Waals surface area contributed by atoms with Crippen LogP contribution in [0.2, 0.25) is 5.02 Å². The quantitative estimate of drug-likeness (QED) is 0.894. The smallest absolute Gasteiger partial charge is 0.293 e. The second-order valence-corrected chi connectivity index (χ2v) is 6.23. The van der Waals surface area contributed by atoms with Crippen molar-refractivity contribution in [1.82, 2.24) is 14.5 Å². The van der Waals surface area contributed by atoms with E-state index in [1.165, 1.54) is 4.57 Å². The molecule has 3 rings (SSSR count). The Kier molecular flexibility index (Phi) is 5.50. The minimum atomic E-state index is -0.135. The maximum Gasteiger partial charge on any atom is 0.293 e. The van der Waals surface area contributed by atoms with Gasteiger partial charge < -0.3 is 14.6 Å². The number of halogens is 1. The van der Waals surface area contributed by atoms with Crippen molar-refractivity contribution in [3.05, 3.63) is 57.6 Å². The lowest BCUT2D eigenvalue weighted by Crippen LogP contribution is -2.42. The summed E-state index contributed by atoms with van der Waals surface area (Å²) in [5, 5.41) is 3.91. The van der Waals surface area contributed by atoms with Crippen LogP contribution < -0.4 is 10.9 Å². The summed E-state index contributed by atoms with van der Waals surface area (Å²) in [5.41, 5.74) is 0.981.